The molecule has 0 aliphatic carbocycles. The fourth-order valence-corrected chi connectivity index (χ4v) is 6.75. The first-order chi connectivity index (χ1) is 24.2. The van der Waals surface area contributed by atoms with Gasteiger partial charge < -0.3 is 5.11 Å². The molecule has 0 amide bonds. The number of allylic oxidation sites excluding steroid dienone is 11. The molecule has 0 fully saturated rings. The van der Waals surface area contributed by atoms with Crippen molar-refractivity contribution in [2.24, 2.45) is 20.0 Å². The quantitative estimate of drug-likeness (QED) is 0.240. The van der Waals surface area contributed by atoms with Gasteiger partial charge in [0.05, 0.1) is 39.9 Å². The average molecular weight is 629 g/mol. The SMILES string of the molecule is OC1=CC2=C(c3ccccc3)C3=NC(=C(c4ccccc4)C4=NC(=C(c5ccccc5)C5=NC(=C(c6ccccc6)C1=N2)C=C5)C=C4)C=C3. The summed E-state index contributed by atoms with van der Waals surface area (Å²) >= 11 is 0. The van der Waals surface area contributed by atoms with Crippen molar-refractivity contribution in [2.75, 3.05) is 0 Å². The maximum Gasteiger partial charge on any atom is 0.144 e. The van der Waals surface area contributed by atoms with Crippen LogP contribution in [-0.2, 0) is 0 Å². The van der Waals surface area contributed by atoms with Gasteiger partial charge in [0.25, 0.3) is 0 Å². The van der Waals surface area contributed by atoms with Gasteiger partial charge in [-0.25, -0.2) is 20.0 Å². The first-order valence-corrected chi connectivity index (χ1v) is 16.2. The van der Waals surface area contributed by atoms with Crippen LogP contribution in [-0.4, -0.2) is 28.0 Å². The topological polar surface area (TPSA) is 69.7 Å². The van der Waals surface area contributed by atoms with Crippen LogP contribution in [0.2, 0.25) is 0 Å². The fourth-order valence-electron chi connectivity index (χ4n) is 6.75. The summed E-state index contributed by atoms with van der Waals surface area (Å²) in [6, 6.07) is 40.6. The van der Waals surface area contributed by atoms with Crippen LogP contribution in [0.4, 0.5) is 0 Å². The second kappa shape index (κ2) is 11.8. The van der Waals surface area contributed by atoms with Gasteiger partial charge in [0, 0.05) is 28.4 Å². The predicted octanol–water partition coefficient (Wildman–Crippen LogP) is 9.57. The van der Waals surface area contributed by atoms with E-state index in [-0.39, 0.29) is 5.76 Å². The zero-order chi connectivity index (χ0) is 32.7. The van der Waals surface area contributed by atoms with Gasteiger partial charge in [0.1, 0.15) is 11.5 Å². The highest BCUT2D eigenvalue weighted by molar-refractivity contribution is 6.40. The van der Waals surface area contributed by atoms with Crippen LogP contribution in [0, 0.1) is 0 Å². The summed E-state index contributed by atoms with van der Waals surface area (Å²) in [7, 11) is 0. The van der Waals surface area contributed by atoms with E-state index in [9.17, 15) is 5.11 Å². The summed E-state index contributed by atoms with van der Waals surface area (Å²) in [5.74, 6) is 0.0775. The Bertz CT molecular complexity index is 2350. The molecule has 1 N–H and O–H groups in total. The number of benzene rings is 4. The van der Waals surface area contributed by atoms with Gasteiger partial charge in [0.15, 0.2) is 0 Å². The van der Waals surface area contributed by atoms with Crippen molar-refractivity contribution in [1.82, 2.24) is 0 Å². The first-order valence-electron chi connectivity index (χ1n) is 16.2. The standard InChI is InChI=1S/C44H28N4O/c49-39-27-38-42(30-17-9-3-10-18-30)36-24-23-34(46-36)40(28-13-5-1-6-14-28)32-21-22-33(45-32)41(29-15-7-2-8-16-29)35-25-26-37(47-35)43(44(39)48-38)31-19-11-4-12-20-31/h1-27,49H. The lowest BCUT2D eigenvalue weighted by Crippen LogP contribution is -2.06. The monoisotopic (exact) mass is 628 g/mol. The molecule has 5 aliphatic rings. The van der Waals surface area contributed by atoms with Gasteiger partial charge >= 0.3 is 0 Å². The summed E-state index contributed by atoms with van der Waals surface area (Å²) in [5, 5.41) is 11.7. The summed E-state index contributed by atoms with van der Waals surface area (Å²) in [4.78, 5) is 20.9. The number of aliphatic imine (C=N–C) groups is 4. The van der Waals surface area contributed by atoms with Crippen LogP contribution < -0.4 is 0 Å². The molecule has 4 aromatic rings. The molecule has 0 saturated heterocycles. The van der Waals surface area contributed by atoms with Crippen LogP contribution in [0.5, 0.6) is 0 Å². The van der Waals surface area contributed by atoms with Crippen molar-refractivity contribution < 1.29 is 5.11 Å². The number of nitrogens with zero attached hydrogens (tertiary/aromatic N) is 4. The maximum atomic E-state index is 11.7. The third-order valence-corrected chi connectivity index (χ3v) is 8.95. The molecule has 0 radical (unpaired) electrons. The number of aliphatic hydroxyl groups is 1. The normalized spacial score (nSPS) is 17.9. The molecule has 0 saturated carbocycles. The average Bonchev–Trinajstić information content (AvgIpc) is 3.98. The summed E-state index contributed by atoms with van der Waals surface area (Å²) < 4.78 is 0. The summed E-state index contributed by atoms with van der Waals surface area (Å²) in [6.45, 7) is 0. The molecule has 49 heavy (non-hydrogen) atoms. The number of hydrogen-bond acceptors (Lipinski definition) is 5. The van der Waals surface area contributed by atoms with E-state index in [0.29, 0.717) is 17.1 Å². The molecule has 5 heteroatoms. The van der Waals surface area contributed by atoms with Crippen LogP contribution >= 0.6 is 0 Å². The highest BCUT2D eigenvalue weighted by Crippen LogP contribution is 2.39. The van der Waals surface area contributed by atoms with Crippen LogP contribution in [0.3, 0.4) is 0 Å². The van der Waals surface area contributed by atoms with E-state index in [1.165, 1.54) is 0 Å². The smallest absolute Gasteiger partial charge is 0.144 e. The van der Waals surface area contributed by atoms with Crippen molar-refractivity contribution in [3.05, 3.63) is 215 Å². The minimum atomic E-state index is 0.0775. The van der Waals surface area contributed by atoms with E-state index in [1.807, 2.05) is 121 Å². The predicted molar refractivity (Wildman–Crippen MR) is 201 cm³/mol. The van der Waals surface area contributed by atoms with E-state index < -0.39 is 0 Å². The lowest BCUT2D eigenvalue weighted by molar-refractivity contribution is 0.446. The van der Waals surface area contributed by atoms with E-state index in [4.69, 9.17) is 20.0 Å². The van der Waals surface area contributed by atoms with Crippen molar-refractivity contribution in [2.45, 2.75) is 0 Å². The molecular weight excluding hydrogens is 601 g/mol. The largest absolute Gasteiger partial charge is 0.506 e. The minimum Gasteiger partial charge on any atom is -0.506 e. The van der Waals surface area contributed by atoms with Crippen LogP contribution in [0.15, 0.2) is 212 Å². The third-order valence-electron chi connectivity index (χ3n) is 8.95. The summed E-state index contributed by atoms with van der Waals surface area (Å²) in [6.07, 6.45) is 14.0. The number of fused-ring (bicyclic) bond motifs is 4. The Hall–Kier alpha value is -6.72. The van der Waals surface area contributed by atoms with E-state index in [1.54, 1.807) is 6.08 Å². The van der Waals surface area contributed by atoms with Crippen molar-refractivity contribution in [1.29, 1.82) is 0 Å². The first kappa shape index (κ1) is 28.5. The molecule has 8 bridgehead atoms. The second-order valence-electron chi connectivity index (χ2n) is 12.0. The molecule has 0 unspecified atom stereocenters. The molecule has 4 aromatic carbocycles. The van der Waals surface area contributed by atoms with Crippen molar-refractivity contribution in [3.63, 3.8) is 0 Å². The van der Waals surface area contributed by atoms with Gasteiger partial charge in [-0.2, -0.15) is 0 Å². The zero-order valence-corrected chi connectivity index (χ0v) is 26.3. The molecule has 5 aliphatic heterocycles. The Morgan fingerprint density at radius 1 is 0.327 bits per heavy atom. The van der Waals surface area contributed by atoms with E-state index in [2.05, 4.69) is 36.4 Å². The van der Waals surface area contributed by atoms with Crippen LogP contribution in [0.25, 0.3) is 22.3 Å². The molecule has 9 rings (SSSR count). The molecule has 230 valence electrons. The molecule has 0 aromatic heterocycles. The maximum absolute atomic E-state index is 11.7. The Morgan fingerprint density at radius 3 is 1.04 bits per heavy atom. The minimum absolute atomic E-state index is 0.0775. The molecule has 5 heterocycles. The van der Waals surface area contributed by atoms with Gasteiger partial charge in [-0.3, -0.25) is 0 Å². The molecule has 0 spiro atoms. The van der Waals surface area contributed by atoms with Crippen molar-refractivity contribution >= 4 is 45.1 Å². The highest BCUT2D eigenvalue weighted by atomic mass is 16.3. The number of rotatable bonds is 4. The number of aliphatic hydroxyl groups excluding tert-OH is 1. The fraction of sp³-hybridized carbons (Fsp3) is 0. The Labute approximate surface area is 284 Å². The summed E-state index contributed by atoms with van der Waals surface area (Å²) in [5.41, 5.74) is 13.1. The molecule has 5 nitrogen and oxygen atoms in total. The Balaban J connectivity index is 1.39. The van der Waals surface area contributed by atoms with Crippen molar-refractivity contribution in [3.8, 4) is 0 Å². The van der Waals surface area contributed by atoms with Gasteiger partial charge in [-0.05, 0) is 58.7 Å². The van der Waals surface area contributed by atoms with Gasteiger partial charge in [-0.1, -0.05) is 121 Å². The third kappa shape index (κ3) is 5.05. The van der Waals surface area contributed by atoms with E-state index in [0.717, 1.165) is 73.1 Å². The molecular formula is C44H28N4O. The lowest BCUT2D eigenvalue weighted by atomic mass is 9.98. The number of hydrogen-bond donors (Lipinski definition) is 1. The Morgan fingerprint density at radius 2 is 0.653 bits per heavy atom. The van der Waals surface area contributed by atoms with Crippen LogP contribution in [0.1, 0.15) is 22.3 Å². The van der Waals surface area contributed by atoms with Gasteiger partial charge in [0.2, 0.25) is 0 Å². The molecule has 0 atom stereocenters. The van der Waals surface area contributed by atoms with Gasteiger partial charge in [-0.15, -0.1) is 0 Å². The second-order valence-corrected chi connectivity index (χ2v) is 12.0. The lowest BCUT2D eigenvalue weighted by Gasteiger charge is -2.12. The van der Waals surface area contributed by atoms with E-state index >= 15 is 0 Å². The highest BCUT2D eigenvalue weighted by Gasteiger charge is 2.29. The zero-order valence-electron chi connectivity index (χ0n) is 26.3. The Kier molecular flexibility index (Phi) is 6.87.